The Bertz CT molecular complexity index is 424. The molecule has 0 saturated carbocycles. The Kier molecular flexibility index (Phi) is 6.87. The highest BCUT2D eigenvalue weighted by molar-refractivity contribution is 9.10. The van der Waals surface area contributed by atoms with Gasteiger partial charge in [-0.15, -0.1) is 0 Å². The molecule has 0 bridgehead atoms. The van der Waals surface area contributed by atoms with Crippen LogP contribution in [0.15, 0.2) is 22.7 Å². The van der Waals surface area contributed by atoms with Crippen LogP contribution in [0.25, 0.3) is 0 Å². The number of likely N-dealkylation sites (N-methyl/N-ethyl adjacent to an activating group) is 1. The summed E-state index contributed by atoms with van der Waals surface area (Å²) in [6.07, 6.45) is 2.10. The van der Waals surface area contributed by atoms with Crippen molar-refractivity contribution in [2.75, 3.05) is 27.2 Å². The van der Waals surface area contributed by atoms with Crippen LogP contribution in [0.4, 0.5) is 0 Å². The smallest absolute Gasteiger partial charge is 0.222 e. The predicted molar refractivity (Wildman–Crippen MR) is 80.3 cm³/mol. The van der Waals surface area contributed by atoms with Crippen molar-refractivity contribution in [3.05, 3.63) is 28.2 Å². The van der Waals surface area contributed by atoms with Crippen LogP contribution in [0.5, 0.6) is 5.75 Å². The van der Waals surface area contributed by atoms with Crippen molar-refractivity contribution in [1.29, 1.82) is 0 Å². The molecule has 0 heterocycles. The predicted octanol–water partition coefficient (Wildman–Crippen LogP) is 2.20. The van der Waals surface area contributed by atoms with E-state index in [0.29, 0.717) is 19.5 Å². The van der Waals surface area contributed by atoms with Gasteiger partial charge in [0.2, 0.25) is 5.91 Å². The summed E-state index contributed by atoms with van der Waals surface area (Å²) in [5.74, 6) is 0.967. The average Bonchev–Trinajstić information content (AvgIpc) is 2.42. The highest BCUT2D eigenvalue weighted by atomic mass is 79.9. The van der Waals surface area contributed by atoms with Crippen LogP contribution < -0.4 is 10.5 Å². The Morgan fingerprint density at radius 2 is 2.21 bits per heavy atom. The number of amides is 1. The number of halogens is 1. The Morgan fingerprint density at radius 1 is 1.47 bits per heavy atom. The lowest BCUT2D eigenvalue weighted by Gasteiger charge is -2.17. The molecule has 1 rings (SSSR count). The summed E-state index contributed by atoms with van der Waals surface area (Å²) in [4.78, 5) is 13.5. The maximum absolute atomic E-state index is 11.7. The lowest BCUT2D eigenvalue weighted by Crippen LogP contribution is -2.29. The van der Waals surface area contributed by atoms with Crippen LogP contribution in [0.3, 0.4) is 0 Å². The number of hydrogen-bond acceptors (Lipinski definition) is 3. The van der Waals surface area contributed by atoms with Crippen LogP contribution in [0.2, 0.25) is 0 Å². The van der Waals surface area contributed by atoms with Gasteiger partial charge in [-0.2, -0.15) is 0 Å². The fourth-order valence-electron chi connectivity index (χ4n) is 1.73. The van der Waals surface area contributed by atoms with Crippen LogP contribution in [0.1, 0.15) is 18.4 Å². The molecule has 0 spiro atoms. The zero-order valence-corrected chi connectivity index (χ0v) is 13.1. The molecule has 1 amide bonds. The molecule has 0 aliphatic rings. The van der Waals surface area contributed by atoms with Crippen molar-refractivity contribution in [3.63, 3.8) is 0 Å². The second-order valence-corrected chi connectivity index (χ2v) is 5.28. The minimum Gasteiger partial charge on any atom is -0.496 e. The summed E-state index contributed by atoms with van der Waals surface area (Å²) >= 11 is 3.46. The number of methoxy groups -OCH3 is 1. The molecule has 106 valence electrons. The third-order valence-corrected chi connectivity index (χ3v) is 3.59. The number of ether oxygens (including phenoxy) is 1. The summed E-state index contributed by atoms with van der Waals surface area (Å²) in [5.41, 5.74) is 6.57. The van der Waals surface area contributed by atoms with Gasteiger partial charge in [-0.1, -0.05) is 6.07 Å². The molecule has 19 heavy (non-hydrogen) atoms. The first-order valence-corrected chi connectivity index (χ1v) is 7.14. The van der Waals surface area contributed by atoms with E-state index in [-0.39, 0.29) is 5.91 Å². The Labute approximate surface area is 123 Å². The third-order valence-electron chi connectivity index (χ3n) is 2.97. The van der Waals surface area contributed by atoms with Crippen molar-refractivity contribution in [3.8, 4) is 5.75 Å². The molecule has 0 saturated heterocycles. The second kappa shape index (κ2) is 8.17. The topological polar surface area (TPSA) is 55.6 Å². The van der Waals surface area contributed by atoms with Crippen LogP contribution in [0, 0.1) is 0 Å². The van der Waals surface area contributed by atoms with Crippen LogP contribution >= 0.6 is 15.9 Å². The van der Waals surface area contributed by atoms with Crippen molar-refractivity contribution < 1.29 is 9.53 Å². The molecule has 0 aliphatic heterocycles. The number of benzene rings is 1. The zero-order valence-electron chi connectivity index (χ0n) is 11.5. The summed E-state index contributed by atoms with van der Waals surface area (Å²) in [6, 6.07) is 5.97. The zero-order chi connectivity index (χ0) is 14.3. The lowest BCUT2D eigenvalue weighted by atomic mass is 10.1. The van der Waals surface area contributed by atoms with Gasteiger partial charge in [0, 0.05) is 20.0 Å². The van der Waals surface area contributed by atoms with Gasteiger partial charge in [-0.25, -0.2) is 0 Å². The molecule has 1 aromatic rings. The summed E-state index contributed by atoms with van der Waals surface area (Å²) in [7, 11) is 3.47. The van der Waals surface area contributed by atoms with E-state index in [1.807, 2.05) is 25.2 Å². The molecule has 0 radical (unpaired) electrons. The summed E-state index contributed by atoms with van der Waals surface area (Å²) in [6.45, 7) is 1.27. The largest absolute Gasteiger partial charge is 0.496 e. The molecule has 0 aromatic heterocycles. The molecule has 0 atom stereocenters. The normalized spacial score (nSPS) is 10.3. The van der Waals surface area contributed by atoms with Crippen molar-refractivity contribution in [2.45, 2.75) is 19.3 Å². The van der Waals surface area contributed by atoms with E-state index in [9.17, 15) is 4.79 Å². The quantitative estimate of drug-likeness (QED) is 0.834. The first-order valence-electron chi connectivity index (χ1n) is 6.35. The number of carbonyl (C=O) groups excluding carboxylic acids is 1. The van der Waals surface area contributed by atoms with Gasteiger partial charge in [-0.3, -0.25) is 4.79 Å². The third kappa shape index (κ3) is 5.20. The van der Waals surface area contributed by atoms with Crippen LogP contribution in [-0.4, -0.2) is 38.1 Å². The van der Waals surface area contributed by atoms with Crippen molar-refractivity contribution in [1.82, 2.24) is 4.90 Å². The van der Waals surface area contributed by atoms with Gasteiger partial charge >= 0.3 is 0 Å². The number of nitrogens with two attached hydrogens (primary N) is 1. The molecule has 1 aromatic carbocycles. The average molecular weight is 329 g/mol. The number of carbonyl (C=O) groups is 1. The number of nitrogens with zero attached hydrogens (tertiary/aromatic N) is 1. The van der Waals surface area contributed by atoms with Gasteiger partial charge in [0.15, 0.2) is 0 Å². The van der Waals surface area contributed by atoms with E-state index in [1.165, 1.54) is 5.56 Å². The fraction of sp³-hybridized carbons (Fsp3) is 0.500. The Morgan fingerprint density at radius 3 is 2.79 bits per heavy atom. The molecule has 0 fully saturated rings. The molecule has 0 aliphatic carbocycles. The molecule has 2 N–H and O–H groups in total. The molecular formula is C14H21BrN2O2. The lowest BCUT2D eigenvalue weighted by molar-refractivity contribution is -0.129. The van der Waals surface area contributed by atoms with Gasteiger partial charge in [0.05, 0.1) is 11.6 Å². The molecule has 0 unspecified atom stereocenters. The number of rotatable bonds is 7. The van der Waals surface area contributed by atoms with Gasteiger partial charge in [0.1, 0.15) is 5.75 Å². The SMILES string of the molecule is COc1ccc(CCN(C)C(=O)CCCN)cc1Br. The maximum atomic E-state index is 11.7. The molecule has 4 nitrogen and oxygen atoms in total. The molecule has 5 heteroatoms. The maximum Gasteiger partial charge on any atom is 0.222 e. The second-order valence-electron chi connectivity index (χ2n) is 4.43. The van der Waals surface area contributed by atoms with Gasteiger partial charge in [0.25, 0.3) is 0 Å². The molecular weight excluding hydrogens is 308 g/mol. The van der Waals surface area contributed by atoms with Crippen molar-refractivity contribution in [2.24, 2.45) is 5.73 Å². The summed E-state index contributed by atoms with van der Waals surface area (Å²) < 4.78 is 6.12. The van der Waals surface area contributed by atoms with Gasteiger partial charge < -0.3 is 15.4 Å². The highest BCUT2D eigenvalue weighted by Crippen LogP contribution is 2.25. The Balaban J connectivity index is 2.48. The fourth-order valence-corrected chi connectivity index (χ4v) is 2.32. The number of hydrogen-bond donors (Lipinski definition) is 1. The van der Waals surface area contributed by atoms with E-state index in [1.54, 1.807) is 12.0 Å². The monoisotopic (exact) mass is 328 g/mol. The van der Waals surface area contributed by atoms with E-state index in [4.69, 9.17) is 10.5 Å². The highest BCUT2D eigenvalue weighted by Gasteiger charge is 2.08. The first kappa shape index (κ1) is 16.0. The Hall–Kier alpha value is -1.07. The minimum atomic E-state index is 0.151. The first-order chi connectivity index (χ1) is 9.08. The standard InChI is InChI=1S/C14H21BrN2O2/c1-17(14(18)4-3-8-16)9-7-11-5-6-13(19-2)12(15)10-11/h5-6,10H,3-4,7-9,16H2,1-2H3. The van der Waals surface area contributed by atoms with E-state index < -0.39 is 0 Å². The van der Waals surface area contributed by atoms with E-state index in [2.05, 4.69) is 15.9 Å². The van der Waals surface area contributed by atoms with Gasteiger partial charge in [-0.05, 0) is 53.0 Å². The summed E-state index contributed by atoms with van der Waals surface area (Å²) in [5, 5.41) is 0. The van der Waals surface area contributed by atoms with Crippen LogP contribution in [-0.2, 0) is 11.2 Å². The van der Waals surface area contributed by atoms with Crippen molar-refractivity contribution >= 4 is 21.8 Å². The van der Waals surface area contributed by atoms with E-state index in [0.717, 1.165) is 23.1 Å². The minimum absolute atomic E-state index is 0.151. The van der Waals surface area contributed by atoms with E-state index >= 15 is 0 Å².